The molecule has 0 aliphatic rings. The van der Waals surface area contributed by atoms with Crippen molar-refractivity contribution in [3.8, 4) is 5.75 Å². The summed E-state index contributed by atoms with van der Waals surface area (Å²) < 4.78 is 39.0. The van der Waals surface area contributed by atoms with Crippen molar-refractivity contribution in [3.63, 3.8) is 0 Å². The third-order valence-corrected chi connectivity index (χ3v) is 7.88. The van der Waals surface area contributed by atoms with Crippen LogP contribution < -0.4 is 4.74 Å². The maximum atomic E-state index is 11.7. The Bertz CT molecular complexity index is 678. The molecule has 1 aromatic carbocycles. The van der Waals surface area contributed by atoms with Gasteiger partial charge in [0.25, 0.3) is 10.1 Å². The van der Waals surface area contributed by atoms with Crippen molar-refractivity contribution in [3.05, 3.63) is 29.3 Å². The standard InChI is InChI=1S/C28H50O4S/c1-4-7-9-11-13-15-17-20-25-22-19-23-26(21-18-16-14-12-10-8-5-2)28(25)32-24-27(6-3)33(29,30)31/h19,22-23,27H,4-18,20-21,24H2,1-3H3,(H,29,30,31). The van der Waals surface area contributed by atoms with E-state index in [1.54, 1.807) is 6.92 Å². The van der Waals surface area contributed by atoms with Gasteiger partial charge in [-0.2, -0.15) is 8.42 Å². The second-order valence-corrected chi connectivity index (χ2v) is 11.2. The molecule has 1 aromatic rings. The lowest BCUT2D eigenvalue weighted by atomic mass is 9.98. The highest BCUT2D eigenvalue weighted by Gasteiger charge is 2.23. The van der Waals surface area contributed by atoms with Gasteiger partial charge >= 0.3 is 0 Å². The van der Waals surface area contributed by atoms with Crippen LogP contribution in [0.25, 0.3) is 0 Å². The summed E-state index contributed by atoms with van der Waals surface area (Å²) in [6.45, 7) is 6.26. The Kier molecular flexibility index (Phi) is 16.6. The average molecular weight is 483 g/mol. The number of ether oxygens (including phenoxy) is 1. The molecule has 0 aromatic heterocycles. The van der Waals surface area contributed by atoms with E-state index in [-0.39, 0.29) is 6.61 Å². The fourth-order valence-electron chi connectivity index (χ4n) is 4.35. The van der Waals surface area contributed by atoms with Crippen LogP contribution in [0.3, 0.4) is 0 Å². The fourth-order valence-corrected chi connectivity index (χ4v) is 5.01. The van der Waals surface area contributed by atoms with Crippen molar-refractivity contribution in [1.29, 1.82) is 0 Å². The van der Waals surface area contributed by atoms with Gasteiger partial charge in [0.15, 0.2) is 0 Å². The Morgan fingerprint density at radius 2 is 1.15 bits per heavy atom. The van der Waals surface area contributed by atoms with Gasteiger partial charge < -0.3 is 4.74 Å². The van der Waals surface area contributed by atoms with Crippen LogP contribution in [-0.2, 0) is 23.0 Å². The van der Waals surface area contributed by atoms with Crippen molar-refractivity contribution in [2.75, 3.05) is 6.61 Å². The molecule has 0 saturated heterocycles. The first kappa shape index (κ1) is 30.0. The predicted octanol–water partition coefficient (Wildman–Crippen LogP) is 8.32. The average Bonchev–Trinajstić information content (AvgIpc) is 2.78. The Balaban J connectivity index is 2.73. The second kappa shape index (κ2) is 18.3. The highest BCUT2D eigenvalue weighted by Crippen LogP contribution is 2.29. The minimum absolute atomic E-state index is 0.00732. The topological polar surface area (TPSA) is 63.6 Å². The first-order chi connectivity index (χ1) is 15.9. The van der Waals surface area contributed by atoms with Gasteiger partial charge in [0.2, 0.25) is 0 Å². The molecule has 1 rings (SSSR count). The molecule has 192 valence electrons. The van der Waals surface area contributed by atoms with Crippen LogP contribution >= 0.6 is 0 Å². The van der Waals surface area contributed by atoms with Crippen LogP contribution in [0.1, 0.15) is 128 Å². The van der Waals surface area contributed by atoms with E-state index in [0.29, 0.717) is 6.42 Å². The van der Waals surface area contributed by atoms with Crippen molar-refractivity contribution < 1.29 is 17.7 Å². The molecule has 0 saturated carbocycles. The van der Waals surface area contributed by atoms with Gasteiger partial charge in [-0.15, -0.1) is 0 Å². The molecule has 1 unspecified atom stereocenters. The number of hydrogen-bond donors (Lipinski definition) is 1. The number of unbranched alkanes of at least 4 members (excludes halogenated alkanes) is 12. The van der Waals surface area contributed by atoms with E-state index >= 15 is 0 Å². The first-order valence-electron chi connectivity index (χ1n) is 13.6. The lowest BCUT2D eigenvalue weighted by Crippen LogP contribution is -2.27. The summed E-state index contributed by atoms with van der Waals surface area (Å²) in [6.07, 6.45) is 19.9. The maximum Gasteiger partial charge on any atom is 0.271 e. The lowest BCUT2D eigenvalue weighted by Gasteiger charge is -2.19. The number of aryl methyl sites for hydroxylation is 2. The molecule has 0 bridgehead atoms. The van der Waals surface area contributed by atoms with Gasteiger partial charge in [-0.1, -0.05) is 116 Å². The summed E-state index contributed by atoms with van der Waals surface area (Å²) in [6, 6.07) is 6.35. The number of rotatable bonds is 21. The number of hydrogen-bond acceptors (Lipinski definition) is 3. The molecule has 33 heavy (non-hydrogen) atoms. The van der Waals surface area contributed by atoms with Crippen LogP contribution in [0.2, 0.25) is 0 Å². The molecule has 0 aliphatic heterocycles. The lowest BCUT2D eigenvalue weighted by molar-refractivity contribution is 0.296. The SMILES string of the molecule is CCCCCCCCCc1cccc(CCCCCCCCC)c1OCC(CC)S(=O)(=O)O. The zero-order valence-electron chi connectivity index (χ0n) is 21.6. The fraction of sp³-hybridized carbons (Fsp3) is 0.786. The maximum absolute atomic E-state index is 11.7. The number of benzene rings is 1. The molecule has 0 spiro atoms. The third-order valence-electron chi connectivity index (χ3n) is 6.57. The molecular formula is C28H50O4S. The summed E-state index contributed by atoms with van der Waals surface area (Å²) in [5, 5.41) is -0.879. The molecule has 1 atom stereocenters. The molecule has 0 aliphatic carbocycles. The van der Waals surface area contributed by atoms with Crippen LogP contribution in [0, 0.1) is 0 Å². The van der Waals surface area contributed by atoms with Crippen molar-refractivity contribution in [2.45, 2.75) is 135 Å². The normalized spacial score (nSPS) is 12.7. The predicted molar refractivity (Wildman–Crippen MR) is 141 cm³/mol. The van der Waals surface area contributed by atoms with Gasteiger partial charge in [0.05, 0.1) is 0 Å². The smallest absolute Gasteiger partial charge is 0.271 e. The van der Waals surface area contributed by atoms with Gasteiger partial charge in [-0.05, 0) is 43.2 Å². The van der Waals surface area contributed by atoms with E-state index in [4.69, 9.17) is 4.74 Å². The summed E-state index contributed by atoms with van der Waals surface area (Å²) in [5.74, 6) is 0.858. The van der Waals surface area contributed by atoms with E-state index in [1.165, 1.54) is 88.2 Å². The largest absolute Gasteiger partial charge is 0.492 e. The molecule has 0 fully saturated rings. The minimum Gasteiger partial charge on any atom is -0.492 e. The van der Waals surface area contributed by atoms with Crippen molar-refractivity contribution >= 4 is 10.1 Å². The summed E-state index contributed by atoms with van der Waals surface area (Å²) >= 11 is 0. The molecular weight excluding hydrogens is 432 g/mol. The second-order valence-electron chi connectivity index (χ2n) is 9.50. The molecule has 5 heteroatoms. The van der Waals surface area contributed by atoms with Crippen LogP contribution in [0.15, 0.2) is 18.2 Å². The highest BCUT2D eigenvalue weighted by molar-refractivity contribution is 7.86. The monoisotopic (exact) mass is 482 g/mol. The van der Waals surface area contributed by atoms with Crippen molar-refractivity contribution in [1.82, 2.24) is 0 Å². The number of para-hydroxylation sites is 1. The van der Waals surface area contributed by atoms with Crippen molar-refractivity contribution in [2.24, 2.45) is 0 Å². The van der Waals surface area contributed by atoms with Crippen LogP contribution in [0.4, 0.5) is 0 Å². The van der Waals surface area contributed by atoms with Gasteiger partial charge in [-0.25, -0.2) is 0 Å². The zero-order chi connectivity index (χ0) is 24.4. The van der Waals surface area contributed by atoms with E-state index in [9.17, 15) is 13.0 Å². The van der Waals surface area contributed by atoms with Gasteiger partial charge in [-0.3, -0.25) is 4.55 Å². The zero-order valence-corrected chi connectivity index (χ0v) is 22.4. The Hall–Kier alpha value is -1.07. The molecule has 0 heterocycles. The quantitative estimate of drug-likeness (QED) is 0.141. The van der Waals surface area contributed by atoms with E-state index in [1.807, 2.05) is 0 Å². The highest BCUT2D eigenvalue weighted by atomic mass is 32.2. The van der Waals surface area contributed by atoms with E-state index in [2.05, 4.69) is 32.0 Å². The Morgan fingerprint density at radius 3 is 1.55 bits per heavy atom. The van der Waals surface area contributed by atoms with E-state index in [0.717, 1.165) is 31.4 Å². The minimum atomic E-state index is -4.10. The molecule has 0 radical (unpaired) electrons. The van der Waals surface area contributed by atoms with Gasteiger partial charge in [0, 0.05) is 0 Å². The molecule has 0 amide bonds. The first-order valence-corrected chi connectivity index (χ1v) is 15.1. The Morgan fingerprint density at radius 1 is 0.727 bits per heavy atom. The summed E-state index contributed by atoms with van der Waals surface area (Å²) in [7, 11) is -4.10. The summed E-state index contributed by atoms with van der Waals surface area (Å²) in [5.41, 5.74) is 2.35. The molecule has 4 nitrogen and oxygen atoms in total. The van der Waals surface area contributed by atoms with Crippen LogP contribution in [-0.4, -0.2) is 24.8 Å². The Labute approximate surface area is 204 Å². The summed E-state index contributed by atoms with van der Waals surface area (Å²) in [4.78, 5) is 0. The third kappa shape index (κ3) is 13.4. The molecule has 1 N–H and O–H groups in total. The van der Waals surface area contributed by atoms with Gasteiger partial charge in [0.1, 0.15) is 17.6 Å². The van der Waals surface area contributed by atoms with E-state index < -0.39 is 15.4 Å². The van der Waals surface area contributed by atoms with Crippen LogP contribution in [0.5, 0.6) is 5.75 Å².